The van der Waals surface area contributed by atoms with Crippen LogP contribution in [0.1, 0.15) is 36.7 Å². The molecule has 2 N–H and O–H groups in total. The molecule has 0 aliphatic carbocycles. The lowest BCUT2D eigenvalue weighted by atomic mass is 10.1. The second kappa shape index (κ2) is 10.9. The van der Waals surface area contributed by atoms with Gasteiger partial charge in [-0.2, -0.15) is 0 Å². The molecule has 0 spiro atoms. The molecule has 0 aromatic heterocycles. The van der Waals surface area contributed by atoms with Gasteiger partial charge in [-0.15, -0.1) is 11.8 Å². The highest BCUT2D eigenvalue weighted by molar-refractivity contribution is 8.03. The van der Waals surface area contributed by atoms with Crippen LogP contribution >= 0.6 is 11.8 Å². The lowest BCUT2D eigenvalue weighted by molar-refractivity contribution is -0.122. The van der Waals surface area contributed by atoms with Crippen molar-refractivity contribution >= 4 is 29.7 Å². The van der Waals surface area contributed by atoms with Crippen molar-refractivity contribution in [3.63, 3.8) is 0 Å². The van der Waals surface area contributed by atoms with Gasteiger partial charge in [-0.3, -0.25) is 4.79 Å². The fraction of sp³-hybridized carbons (Fsp3) is 0.409. The van der Waals surface area contributed by atoms with Crippen LogP contribution < -0.4 is 10.6 Å². The maximum absolute atomic E-state index is 12.8. The third-order valence-corrected chi connectivity index (χ3v) is 5.10. The quantitative estimate of drug-likeness (QED) is 0.643. The van der Waals surface area contributed by atoms with Crippen LogP contribution in [0.3, 0.4) is 0 Å². The average Bonchev–Trinajstić information content (AvgIpc) is 2.71. The predicted octanol–water partition coefficient (Wildman–Crippen LogP) is 3.21. The Morgan fingerprint density at radius 3 is 2.43 bits per heavy atom. The number of alkyl carbamates (subject to hydrolysis) is 1. The number of methoxy groups -OCH3 is 1. The Morgan fingerprint density at radius 1 is 1.17 bits per heavy atom. The first-order valence-electron chi connectivity index (χ1n) is 9.63. The summed E-state index contributed by atoms with van der Waals surface area (Å²) in [6.45, 7) is 5.69. The number of ether oxygens (including phenoxy) is 2. The van der Waals surface area contributed by atoms with E-state index in [1.165, 1.54) is 18.9 Å². The third kappa shape index (κ3) is 7.59. The fourth-order valence-corrected chi connectivity index (χ4v) is 3.55. The standard InChI is InChI=1S/C22H28N2O5S/c1-22(2,3)29-21(27)24-18(17-7-5-6-14-30-17)19(25)23-13-12-15-8-10-16(11-9-15)20(26)28-4/h5-11,18H,12-14H2,1-4H3,(H,23,25)(H,24,27). The summed E-state index contributed by atoms with van der Waals surface area (Å²) in [4.78, 5) is 37.3. The molecule has 8 heteroatoms. The summed E-state index contributed by atoms with van der Waals surface area (Å²) < 4.78 is 9.98. The lowest BCUT2D eigenvalue weighted by Crippen LogP contribution is -2.49. The van der Waals surface area contributed by atoms with Gasteiger partial charge in [0.15, 0.2) is 0 Å². The van der Waals surface area contributed by atoms with E-state index in [1.807, 2.05) is 30.4 Å². The first-order chi connectivity index (χ1) is 14.2. The summed E-state index contributed by atoms with van der Waals surface area (Å²) in [6, 6.07) is 6.19. The minimum Gasteiger partial charge on any atom is -0.465 e. The number of benzene rings is 1. The van der Waals surface area contributed by atoms with Crippen LogP contribution in [-0.2, 0) is 20.7 Å². The number of carbonyl (C=O) groups excluding carboxylic acids is 3. The molecule has 0 saturated heterocycles. The van der Waals surface area contributed by atoms with Gasteiger partial charge in [-0.25, -0.2) is 9.59 Å². The predicted molar refractivity (Wildman–Crippen MR) is 117 cm³/mol. The number of rotatable bonds is 7. The highest BCUT2D eigenvalue weighted by Gasteiger charge is 2.27. The Kier molecular flexibility index (Phi) is 8.53. The number of thioether (sulfide) groups is 1. The minimum absolute atomic E-state index is 0.305. The first kappa shape index (κ1) is 23.5. The van der Waals surface area contributed by atoms with Crippen LogP contribution in [0.5, 0.6) is 0 Å². The number of allylic oxidation sites excluding steroid dienone is 2. The highest BCUT2D eigenvalue weighted by atomic mass is 32.2. The number of hydrogen-bond donors (Lipinski definition) is 2. The monoisotopic (exact) mass is 432 g/mol. The average molecular weight is 433 g/mol. The molecule has 1 aromatic rings. The molecule has 1 aromatic carbocycles. The molecule has 1 aliphatic rings. The first-order valence-corrected chi connectivity index (χ1v) is 10.6. The number of carbonyl (C=O) groups is 3. The van der Waals surface area contributed by atoms with Crippen molar-refractivity contribution in [3.05, 3.63) is 58.5 Å². The van der Waals surface area contributed by atoms with Gasteiger partial charge >= 0.3 is 12.1 Å². The zero-order chi connectivity index (χ0) is 22.1. The van der Waals surface area contributed by atoms with E-state index < -0.39 is 23.7 Å². The molecule has 1 heterocycles. The molecule has 1 aliphatic heterocycles. The van der Waals surface area contributed by atoms with Gasteiger partial charge < -0.3 is 20.1 Å². The topological polar surface area (TPSA) is 93.7 Å². The zero-order valence-electron chi connectivity index (χ0n) is 17.7. The fourth-order valence-electron chi connectivity index (χ4n) is 2.64. The van der Waals surface area contributed by atoms with E-state index in [-0.39, 0.29) is 5.91 Å². The summed E-state index contributed by atoms with van der Waals surface area (Å²) in [6.07, 6.45) is 5.61. The second-order valence-electron chi connectivity index (χ2n) is 7.62. The van der Waals surface area contributed by atoms with Gasteiger partial charge in [0.25, 0.3) is 0 Å². The smallest absolute Gasteiger partial charge is 0.408 e. The van der Waals surface area contributed by atoms with Crippen LogP contribution in [0.4, 0.5) is 4.79 Å². The van der Waals surface area contributed by atoms with Crippen LogP contribution in [-0.4, -0.2) is 49.0 Å². The van der Waals surface area contributed by atoms with Crippen molar-refractivity contribution in [1.29, 1.82) is 0 Å². The number of hydrogen-bond acceptors (Lipinski definition) is 6. The van der Waals surface area contributed by atoms with Crippen LogP contribution in [0.25, 0.3) is 0 Å². The summed E-state index contributed by atoms with van der Waals surface area (Å²) in [5.74, 6) is 0.0392. The van der Waals surface area contributed by atoms with Crippen molar-refractivity contribution in [2.24, 2.45) is 0 Å². The summed E-state index contributed by atoms with van der Waals surface area (Å²) in [7, 11) is 1.34. The van der Waals surface area contributed by atoms with E-state index in [4.69, 9.17) is 4.74 Å². The lowest BCUT2D eigenvalue weighted by Gasteiger charge is -2.25. The van der Waals surface area contributed by atoms with Crippen LogP contribution in [0, 0.1) is 0 Å². The number of esters is 1. The van der Waals surface area contributed by atoms with Gasteiger partial charge in [0, 0.05) is 17.2 Å². The minimum atomic E-state index is -0.823. The van der Waals surface area contributed by atoms with E-state index in [2.05, 4.69) is 15.4 Å². The normalized spacial score (nSPS) is 14.3. The van der Waals surface area contributed by atoms with Gasteiger partial charge in [0.2, 0.25) is 5.91 Å². The Bertz CT molecular complexity index is 825. The third-order valence-electron chi connectivity index (χ3n) is 4.04. The molecule has 1 atom stereocenters. The van der Waals surface area contributed by atoms with Crippen LogP contribution in [0.2, 0.25) is 0 Å². The number of nitrogens with one attached hydrogen (secondary N) is 2. The molecular weight excluding hydrogens is 404 g/mol. The van der Waals surface area contributed by atoms with Crippen molar-refractivity contribution < 1.29 is 23.9 Å². The van der Waals surface area contributed by atoms with Gasteiger partial charge in [0.05, 0.1) is 12.7 Å². The largest absolute Gasteiger partial charge is 0.465 e. The maximum Gasteiger partial charge on any atom is 0.408 e. The molecule has 0 bridgehead atoms. The molecule has 162 valence electrons. The highest BCUT2D eigenvalue weighted by Crippen LogP contribution is 2.24. The maximum atomic E-state index is 12.8. The number of amides is 2. The van der Waals surface area contributed by atoms with E-state index in [9.17, 15) is 14.4 Å². The van der Waals surface area contributed by atoms with E-state index in [0.717, 1.165) is 16.2 Å². The van der Waals surface area contributed by atoms with Crippen molar-refractivity contribution in [2.45, 2.75) is 38.8 Å². The van der Waals surface area contributed by atoms with Crippen molar-refractivity contribution in [2.75, 3.05) is 19.4 Å². The summed E-state index contributed by atoms with van der Waals surface area (Å²) in [5, 5.41) is 5.54. The van der Waals surface area contributed by atoms with Gasteiger partial charge in [-0.05, 0) is 44.9 Å². The summed E-state index contributed by atoms with van der Waals surface area (Å²) >= 11 is 1.50. The molecule has 0 fully saturated rings. The van der Waals surface area contributed by atoms with Crippen molar-refractivity contribution in [1.82, 2.24) is 10.6 Å². The second-order valence-corrected chi connectivity index (χ2v) is 8.71. The Hall–Kier alpha value is -2.74. The van der Waals surface area contributed by atoms with Gasteiger partial charge in [0.1, 0.15) is 11.6 Å². The molecule has 2 amide bonds. The van der Waals surface area contributed by atoms with E-state index in [0.29, 0.717) is 18.5 Å². The van der Waals surface area contributed by atoms with Gasteiger partial charge in [-0.1, -0.05) is 30.4 Å². The van der Waals surface area contributed by atoms with E-state index >= 15 is 0 Å². The summed E-state index contributed by atoms with van der Waals surface area (Å²) in [5.41, 5.74) is 0.783. The molecule has 0 saturated carbocycles. The molecule has 1 unspecified atom stereocenters. The molecule has 0 radical (unpaired) electrons. The van der Waals surface area contributed by atoms with E-state index in [1.54, 1.807) is 32.9 Å². The Morgan fingerprint density at radius 2 is 1.87 bits per heavy atom. The molecule has 2 rings (SSSR count). The molecule has 30 heavy (non-hydrogen) atoms. The molecule has 7 nitrogen and oxygen atoms in total. The van der Waals surface area contributed by atoms with Crippen LogP contribution in [0.15, 0.2) is 47.4 Å². The molecular formula is C22H28N2O5S. The Labute approximate surface area is 181 Å². The SMILES string of the molecule is COC(=O)c1ccc(CCNC(=O)C(NC(=O)OC(C)(C)C)C2=CC=CCS2)cc1. The zero-order valence-corrected chi connectivity index (χ0v) is 18.5. The van der Waals surface area contributed by atoms with Crippen molar-refractivity contribution in [3.8, 4) is 0 Å². The Balaban J connectivity index is 1.96.